The molecule has 21 heavy (non-hydrogen) atoms. The van der Waals surface area contributed by atoms with Gasteiger partial charge < -0.3 is 15.4 Å². The Morgan fingerprint density at radius 2 is 2.19 bits per heavy atom. The predicted octanol–water partition coefficient (Wildman–Crippen LogP) is 2.38. The number of amides is 1. The summed E-state index contributed by atoms with van der Waals surface area (Å²) in [5.41, 5.74) is 2.30. The highest BCUT2D eigenvalue weighted by Gasteiger charge is 2.27. The quantitative estimate of drug-likeness (QED) is 0.790. The molecule has 1 aliphatic carbocycles. The van der Waals surface area contributed by atoms with Crippen molar-refractivity contribution in [1.29, 1.82) is 0 Å². The molecular formula is C17H22N2O2. The van der Waals surface area contributed by atoms with Gasteiger partial charge in [-0.25, -0.2) is 0 Å². The fourth-order valence-corrected chi connectivity index (χ4v) is 3.31. The van der Waals surface area contributed by atoms with Gasteiger partial charge in [-0.2, -0.15) is 0 Å². The number of para-hydroxylation sites is 1. The Kier molecular flexibility index (Phi) is 4.25. The topological polar surface area (TPSA) is 65.1 Å². The maximum Gasteiger partial charge on any atom is 0.220 e. The number of aliphatic hydroxyl groups is 1. The average Bonchev–Trinajstić information content (AvgIpc) is 3.11. The molecule has 1 fully saturated rings. The van der Waals surface area contributed by atoms with E-state index >= 15 is 0 Å². The third-order valence-electron chi connectivity index (χ3n) is 4.54. The molecule has 112 valence electrons. The van der Waals surface area contributed by atoms with Crippen LogP contribution in [0.4, 0.5) is 0 Å². The fourth-order valence-electron chi connectivity index (χ4n) is 3.31. The summed E-state index contributed by atoms with van der Waals surface area (Å²) in [7, 11) is 0. The number of benzene rings is 1. The number of aromatic nitrogens is 1. The highest BCUT2D eigenvalue weighted by Crippen LogP contribution is 2.25. The average molecular weight is 286 g/mol. The van der Waals surface area contributed by atoms with E-state index in [0.29, 0.717) is 6.42 Å². The summed E-state index contributed by atoms with van der Waals surface area (Å²) in [6, 6.07) is 8.31. The number of rotatable bonds is 5. The van der Waals surface area contributed by atoms with Crippen molar-refractivity contribution in [2.75, 3.05) is 6.61 Å². The Bertz CT molecular complexity index is 620. The van der Waals surface area contributed by atoms with Gasteiger partial charge in [0.05, 0.1) is 0 Å². The number of hydrogen-bond donors (Lipinski definition) is 3. The minimum atomic E-state index is 0.0885. The van der Waals surface area contributed by atoms with E-state index in [2.05, 4.69) is 16.4 Å². The summed E-state index contributed by atoms with van der Waals surface area (Å²) >= 11 is 0. The van der Waals surface area contributed by atoms with E-state index in [4.69, 9.17) is 0 Å². The van der Waals surface area contributed by atoms with E-state index in [1.165, 1.54) is 10.9 Å². The first kappa shape index (κ1) is 14.1. The molecule has 1 saturated carbocycles. The molecule has 0 saturated heterocycles. The number of fused-ring (bicyclic) bond motifs is 1. The molecule has 1 heterocycles. The molecule has 1 aliphatic rings. The van der Waals surface area contributed by atoms with Gasteiger partial charge in [-0.1, -0.05) is 24.6 Å². The Morgan fingerprint density at radius 3 is 3.05 bits per heavy atom. The van der Waals surface area contributed by atoms with Crippen LogP contribution in [0.15, 0.2) is 30.5 Å². The van der Waals surface area contributed by atoms with Crippen LogP contribution >= 0.6 is 0 Å². The first-order valence-corrected chi connectivity index (χ1v) is 7.73. The summed E-state index contributed by atoms with van der Waals surface area (Å²) in [6.07, 6.45) is 6.33. The molecular weight excluding hydrogens is 264 g/mol. The fraction of sp³-hybridized carbons (Fsp3) is 0.471. The van der Waals surface area contributed by atoms with Crippen molar-refractivity contribution in [3.05, 3.63) is 36.0 Å². The van der Waals surface area contributed by atoms with Crippen LogP contribution in [0.5, 0.6) is 0 Å². The zero-order chi connectivity index (χ0) is 14.7. The number of carbonyl (C=O) groups excluding carboxylic acids is 1. The number of H-pyrrole nitrogens is 1. The molecule has 2 aromatic rings. The van der Waals surface area contributed by atoms with Gasteiger partial charge in [0, 0.05) is 42.1 Å². The first-order valence-electron chi connectivity index (χ1n) is 7.73. The van der Waals surface area contributed by atoms with Crippen molar-refractivity contribution in [3.8, 4) is 0 Å². The van der Waals surface area contributed by atoms with E-state index in [0.717, 1.165) is 31.2 Å². The standard InChI is InChI=1S/C17H22N2O2/c20-11-13-4-3-7-15(13)19-17(21)9-8-12-10-18-16-6-2-1-5-14(12)16/h1-2,5-6,10,13,15,18,20H,3-4,7-9,11H2,(H,19,21). The van der Waals surface area contributed by atoms with Crippen LogP contribution in [0, 0.1) is 5.92 Å². The maximum atomic E-state index is 12.1. The second kappa shape index (κ2) is 6.31. The van der Waals surface area contributed by atoms with Crippen LogP contribution in [0.3, 0.4) is 0 Å². The third-order valence-corrected chi connectivity index (χ3v) is 4.54. The summed E-state index contributed by atoms with van der Waals surface area (Å²) in [4.78, 5) is 15.3. The Labute approximate surface area is 124 Å². The maximum absolute atomic E-state index is 12.1. The van der Waals surface area contributed by atoms with E-state index in [1.54, 1.807) is 0 Å². The van der Waals surface area contributed by atoms with Crippen LogP contribution in [-0.4, -0.2) is 28.6 Å². The Balaban J connectivity index is 1.56. The van der Waals surface area contributed by atoms with Crippen molar-refractivity contribution >= 4 is 16.8 Å². The molecule has 0 spiro atoms. The van der Waals surface area contributed by atoms with Gasteiger partial charge in [-0.3, -0.25) is 4.79 Å². The van der Waals surface area contributed by atoms with Crippen molar-refractivity contribution in [1.82, 2.24) is 10.3 Å². The van der Waals surface area contributed by atoms with Crippen molar-refractivity contribution < 1.29 is 9.90 Å². The van der Waals surface area contributed by atoms with Crippen molar-refractivity contribution in [3.63, 3.8) is 0 Å². The van der Waals surface area contributed by atoms with Crippen molar-refractivity contribution in [2.45, 2.75) is 38.1 Å². The number of aryl methyl sites for hydroxylation is 1. The van der Waals surface area contributed by atoms with Gasteiger partial charge in [-0.15, -0.1) is 0 Å². The van der Waals surface area contributed by atoms with Gasteiger partial charge in [0.1, 0.15) is 0 Å². The first-order chi connectivity index (χ1) is 10.3. The van der Waals surface area contributed by atoms with Gasteiger partial charge in [0.2, 0.25) is 5.91 Å². The summed E-state index contributed by atoms with van der Waals surface area (Å²) in [5.74, 6) is 0.327. The Morgan fingerprint density at radius 1 is 1.33 bits per heavy atom. The number of carbonyl (C=O) groups is 1. The lowest BCUT2D eigenvalue weighted by molar-refractivity contribution is -0.122. The van der Waals surface area contributed by atoms with Gasteiger partial charge in [0.25, 0.3) is 0 Å². The normalized spacial score (nSPS) is 21.8. The van der Waals surface area contributed by atoms with E-state index in [1.807, 2.05) is 24.4 Å². The summed E-state index contributed by atoms with van der Waals surface area (Å²) in [5, 5.41) is 13.6. The summed E-state index contributed by atoms with van der Waals surface area (Å²) < 4.78 is 0. The number of hydrogen-bond acceptors (Lipinski definition) is 2. The summed E-state index contributed by atoms with van der Waals surface area (Å²) in [6.45, 7) is 0.174. The number of aliphatic hydroxyl groups excluding tert-OH is 1. The molecule has 4 heteroatoms. The predicted molar refractivity (Wildman–Crippen MR) is 83.0 cm³/mol. The monoisotopic (exact) mass is 286 g/mol. The van der Waals surface area contributed by atoms with E-state index < -0.39 is 0 Å². The molecule has 1 aromatic heterocycles. The Hall–Kier alpha value is -1.81. The zero-order valence-corrected chi connectivity index (χ0v) is 12.1. The largest absolute Gasteiger partial charge is 0.396 e. The van der Waals surface area contributed by atoms with Crippen LogP contribution in [0.2, 0.25) is 0 Å². The second-order valence-corrected chi connectivity index (χ2v) is 5.91. The van der Waals surface area contributed by atoms with Crippen molar-refractivity contribution in [2.24, 2.45) is 5.92 Å². The molecule has 0 aliphatic heterocycles. The lowest BCUT2D eigenvalue weighted by Gasteiger charge is -2.18. The number of nitrogens with one attached hydrogen (secondary N) is 2. The molecule has 0 radical (unpaired) electrons. The molecule has 4 nitrogen and oxygen atoms in total. The van der Waals surface area contributed by atoms with Gasteiger partial charge in [-0.05, 0) is 30.9 Å². The second-order valence-electron chi connectivity index (χ2n) is 5.91. The molecule has 3 rings (SSSR count). The molecule has 3 N–H and O–H groups in total. The van der Waals surface area contributed by atoms with Gasteiger partial charge in [0.15, 0.2) is 0 Å². The minimum absolute atomic E-state index is 0.0885. The third kappa shape index (κ3) is 3.10. The van der Waals surface area contributed by atoms with E-state index in [-0.39, 0.29) is 24.5 Å². The highest BCUT2D eigenvalue weighted by atomic mass is 16.3. The zero-order valence-electron chi connectivity index (χ0n) is 12.1. The molecule has 0 bridgehead atoms. The lowest BCUT2D eigenvalue weighted by Crippen LogP contribution is -2.38. The minimum Gasteiger partial charge on any atom is -0.396 e. The van der Waals surface area contributed by atoms with Gasteiger partial charge >= 0.3 is 0 Å². The molecule has 2 unspecified atom stereocenters. The van der Waals surface area contributed by atoms with E-state index in [9.17, 15) is 9.90 Å². The van der Waals surface area contributed by atoms with Crippen LogP contribution in [0.1, 0.15) is 31.2 Å². The van der Waals surface area contributed by atoms with Crippen LogP contribution in [0.25, 0.3) is 10.9 Å². The number of aromatic amines is 1. The molecule has 1 aromatic carbocycles. The SMILES string of the molecule is O=C(CCc1c[nH]c2ccccc12)NC1CCCC1CO. The van der Waals surface area contributed by atoms with Crippen LogP contribution in [-0.2, 0) is 11.2 Å². The highest BCUT2D eigenvalue weighted by molar-refractivity contribution is 5.84. The molecule has 1 amide bonds. The smallest absolute Gasteiger partial charge is 0.220 e. The lowest BCUT2D eigenvalue weighted by atomic mass is 10.0. The molecule has 2 atom stereocenters. The van der Waals surface area contributed by atoms with Crippen LogP contribution < -0.4 is 5.32 Å².